The number of hydrogen-bond acceptors (Lipinski definition) is 10. The zero-order valence-electron chi connectivity index (χ0n) is 13.8. The van der Waals surface area contributed by atoms with Gasteiger partial charge in [0.25, 0.3) is 0 Å². The lowest BCUT2D eigenvalue weighted by atomic mass is 10.5. The SMILES string of the molecule is CO[Si](CCCN(C)N(O)N=O)(OC)O[Si](OC)(OC)OC. The van der Waals surface area contributed by atoms with Crippen molar-refractivity contribution in [3.05, 3.63) is 4.91 Å². The van der Waals surface area contributed by atoms with Gasteiger partial charge in [-0.1, -0.05) is 5.28 Å². The first-order valence-corrected chi connectivity index (χ1v) is 9.93. The number of rotatable bonds is 13. The van der Waals surface area contributed by atoms with Crippen LogP contribution < -0.4 is 0 Å². The number of nitroso groups, excluding NO2 is 1. The van der Waals surface area contributed by atoms with Gasteiger partial charge < -0.3 is 26.2 Å². The monoisotopic (exact) mass is 359 g/mol. The average Bonchev–Trinajstić information content (AvgIpc) is 2.57. The minimum absolute atomic E-state index is 0.211. The highest BCUT2D eigenvalue weighted by Crippen LogP contribution is 2.23. The highest BCUT2D eigenvalue weighted by Gasteiger charge is 2.54. The molecule has 0 saturated carbocycles. The maximum absolute atomic E-state index is 10.2. The summed E-state index contributed by atoms with van der Waals surface area (Å²) in [5, 5.41) is 12.9. The van der Waals surface area contributed by atoms with Crippen LogP contribution in [0.1, 0.15) is 6.42 Å². The molecular formula is C9H25N3O8Si2. The number of hydrazine groups is 1. The zero-order chi connectivity index (χ0) is 17.2. The summed E-state index contributed by atoms with van der Waals surface area (Å²) in [5.74, 6) is 0. The van der Waals surface area contributed by atoms with Gasteiger partial charge in [-0.05, 0) is 6.42 Å². The van der Waals surface area contributed by atoms with Gasteiger partial charge in [-0.25, -0.2) is 0 Å². The zero-order valence-corrected chi connectivity index (χ0v) is 15.8. The van der Waals surface area contributed by atoms with Crippen molar-refractivity contribution >= 4 is 17.9 Å². The van der Waals surface area contributed by atoms with E-state index >= 15 is 0 Å². The topological polar surface area (TPSA) is 112 Å². The van der Waals surface area contributed by atoms with E-state index in [1.165, 1.54) is 47.6 Å². The van der Waals surface area contributed by atoms with Crippen LogP contribution in [0.2, 0.25) is 6.04 Å². The van der Waals surface area contributed by atoms with E-state index < -0.39 is 17.9 Å². The van der Waals surface area contributed by atoms with Crippen molar-refractivity contribution in [3.8, 4) is 0 Å². The molecule has 0 rings (SSSR count). The molecule has 13 heteroatoms. The first-order chi connectivity index (χ1) is 10.4. The Hall–Kier alpha value is -0.486. The molecule has 0 unspecified atom stereocenters. The maximum atomic E-state index is 10.2. The van der Waals surface area contributed by atoms with E-state index in [2.05, 4.69) is 5.29 Å². The largest absolute Gasteiger partial charge is 0.671 e. The molecule has 132 valence electrons. The van der Waals surface area contributed by atoms with Gasteiger partial charge in [0, 0.05) is 55.2 Å². The van der Waals surface area contributed by atoms with Crippen molar-refractivity contribution in [1.29, 1.82) is 0 Å². The Labute approximate surface area is 132 Å². The van der Waals surface area contributed by atoms with Crippen LogP contribution in [-0.4, -0.2) is 82.5 Å². The highest BCUT2D eigenvalue weighted by molar-refractivity contribution is 6.72. The summed E-state index contributed by atoms with van der Waals surface area (Å²) < 4.78 is 32.3. The fourth-order valence-electron chi connectivity index (χ4n) is 1.66. The van der Waals surface area contributed by atoms with Crippen LogP contribution >= 0.6 is 0 Å². The van der Waals surface area contributed by atoms with Crippen LogP contribution in [0.5, 0.6) is 0 Å². The summed E-state index contributed by atoms with van der Waals surface area (Å²) in [6, 6.07) is 0.391. The van der Waals surface area contributed by atoms with Gasteiger partial charge in [0.15, 0.2) is 0 Å². The van der Waals surface area contributed by atoms with Crippen LogP contribution in [0.3, 0.4) is 0 Å². The van der Waals surface area contributed by atoms with E-state index in [9.17, 15) is 4.91 Å². The van der Waals surface area contributed by atoms with Gasteiger partial charge in [0.1, 0.15) is 0 Å². The molecule has 0 aromatic heterocycles. The van der Waals surface area contributed by atoms with Gasteiger partial charge >= 0.3 is 17.9 Å². The van der Waals surface area contributed by atoms with Crippen LogP contribution in [0, 0.1) is 4.91 Å². The smallest absolute Gasteiger partial charge is 0.377 e. The van der Waals surface area contributed by atoms with Gasteiger partial charge in [-0.15, -0.1) is 4.91 Å². The Balaban J connectivity index is 4.78. The first kappa shape index (κ1) is 21.5. The molecule has 0 spiro atoms. The van der Waals surface area contributed by atoms with Gasteiger partial charge in [-0.2, -0.15) is 5.01 Å². The van der Waals surface area contributed by atoms with Gasteiger partial charge in [-0.3, -0.25) is 5.21 Å². The predicted octanol–water partition coefficient (Wildman–Crippen LogP) is 0.219. The Morgan fingerprint density at radius 2 is 1.50 bits per heavy atom. The third-order valence-corrected chi connectivity index (χ3v) is 8.95. The van der Waals surface area contributed by atoms with Crippen molar-refractivity contribution in [3.63, 3.8) is 0 Å². The third-order valence-electron chi connectivity index (χ3n) is 3.00. The molecule has 0 aromatic rings. The molecule has 0 radical (unpaired) electrons. The van der Waals surface area contributed by atoms with Crippen LogP contribution in [0.25, 0.3) is 0 Å². The molecule has 0 aliphatic heterocycles. The molecule has 11 nitrogen and oxygen atoms in total. The molecule has 22 heavy (non-hydrogen) atoms. The summed E-state index contributed by atoms with van der Waals surface area (Å²) in [6.07, 6.45) is 0.499. The molecule has 0 aliphatic rings. The van der Waals surface area contributed by atoms with E-state index in [4.69, 9.17) is 31.5 Å². The van der Waals surface area contributed by atoms with Gasteiger partial charge in [0.2, 0.25) is 0 Å². The molecule has 0 amide bonds. The molecule has 0 atom stereocenters. The Morgan fingerprint density at radius 3 is 1.86 bits per heavy atom. The standard InChI is InChI=1S/C9H25N3O8Si2/c1-11(12(14)10-13)8-7-9-21(15-2,16-3)20-22(17-4,18-5)19-6/h14H,7-9H2,1-6H3. The Morgan fingerprint density at radius 1 is 1.00 bits per heavy atom. The summed E-state index contributed by atoms with van der Waals surface area (Å²) in [4.78, 5) is 10.2. The van der Waals surface area contributed by atoms with Crippen molar-refractivity contribution in [2.75, 3.05) is 49.1 Å². The second-order valence-corrected chi connectivity index (χ2v) is 9.86. The van der Waals surface area contributed by atoms with Crippen molar-refractivity contribution in [1.82, 2.24) is 10.3 Å². The van der Waals surface area contributed by atoms with Crippen LogP contribution in [0.15, 0.2) is 5.29 Å². The molecule has 0 saturated heterocycles. The number of nitrogens with zero attached hydrogens (tertiary/aromatic N) is 3. The third kappa shape index (κ3) is 5.96. The Kier molecular flexibility index (Phi) is 10.1. The summed E-state index contributed by atoms with van der Waals surface area (Å²) in [6.45, 7) is 0.328. The summed E-state index contributed by atoms with van der Waals surface area (Å²) >= 11 is 0. The minimum atomic E-state index is -3.33. The molecule has 0 bridgehead atoms. The summed E-state index contributed by atoms with van der Waals surface area (Å²) in [7, 11) is 2.24. The molecule has 0 fully saturated rings. The van der Waals surface area contributed by atoms with E-state index in [1.807, 2.05) is 0 Å². The second-order valence-electron chi connectivity index (χ2n) is 4.14. The molecular weight excluding hydrogens is 334 g/mol. The van der Waals surface area contributed by atoms with Crippen molar-refractivity contribution in [2.45, 2.75) is 12.5 Å². The quantitative estimate of drug-likeness (QED) is 0.278. The molecule has 0 heterocycles. The molecule has 0 aromatic carbocycles. The number of hydrogen-bond donors (Lipinski definition) is 1. The fourth-order valence-corrected chi connectivity index (χ4v) is 6.93. The molecule has 0 aliphatic carbocycles. The lowest BCUT2D eigenvalue weighted by molar-refractivity contribution is -0.237. The lowest BCUT2D eigenvalue weighted by Crippen LogP contribution is -2.58. The minimum Gasteiger partial charge on any atom is -0.377 e. The van der Waals surface area contributed by atoms with Crippen molar-refractivity contribution in [2.24, 2.45) is 5.29 Å². The van der Waals surface area contributed by atoms with E-state index in [0.29, 0.717) is 19.0 Å². The summed E-state index contributed by atoms with van der Waals surface area (Å²) in [5.41, 5.74) is 0. The molecule has 1 N–H and O–H groups in total. The van der Waals surface area contributed by atoms with Crippen molar-refractivity contribution < 1.29 is 31.5 Å². The lowest BCUT2D eigenvalue weighted by Gasteiger charge is -2.33. The van der Waals surface area contributed by atoms with Crippen LogP contribution in [-0.2, 0) is 26.2 Å². The fraction of sp³-hybridized carbons (Fsp3) is 1.00. The first-order valence-electron chi connectivity index (χ1n) is 6.37. The Bertz CT molecular complexity index is 311. The van der Waals surface area contributed by atoms with E-state index in [1.54, 1.807) is 0 Å². The average molecular weight is 359 g/mol. The predicted molar refractivity (Wildman–Crippen MR) is 79.1 cm³/mol. The van der Waals surface area contributed by atoms with E-state index in [0.717, 1.165) is 0 Å². The highest BCUT2D eigenvalue weighted by atomic mass is 28.5. The normalized spacial score (nSPS) is 12.7. The van der Waals surface area contributed by atoms with Gasteiger partial charge in [0.05, 0.1) is 5.29 Å². The van der Waals surface area contributed by atoms with Crippen LogP contribution in [0.4, 0.5) is 0 Å². The van der Waals surface area contributed by atoms with E-state index in [-0.39, 0.29) is 5.28 Å². The maximum Gasteiger partial charge on any atom is 0.671 e. The second kappa shape index (κ2) is 10.3.